The summed E-state index contributed by atoms with van der Waals surface area (Å²) >= 11 is 3.23. The van der Waals surface area contributed by atoms with Crippen LogP contribution in [0.4, 0.5) is 4.39 Å². The van der Waals surface area contributed by atoms with Crippen LogP contribution in [0.2, 0.25) is 0 Å². The van der Waals surface area contributed by atoms with Crippen molar-refractivity contribution in [3.05, 3.63) is 32.7 Å². The number of nitrogens with zero attached hydrogens (tertiary/aromatic N) is 1. The molecule has 0 aromatic carbocycles. The highest BCUT2D eigenvalue weighted by Gasteiger charge is 2.00. The van der Waals surface area contributed by atoms with Gasteiger partial charge in [-0.05, 0) is 28.9 Å². The first kappa shape index (κ1) is 9.45. The minimum Gasteiger partial charge on any atom is -0.312 e. The Hall–Kier alpha value is -0.640. The summed E-state index contributed by atoms with van der Waals surface area (Å²) in [6.45, 7) is 1.32. The molecule has 1 aromatic heterocycles. The molecule has 2 nitrogen and oxygen atoms in total. The number of alkyl halides is 1. The fraction of sp³-hybridized carbons (Fsp3) is 0.375. The summed E-state index contributed by atoms with van der Waals surface area (Å²) in [7, 11) is 0. The normalized spacial score (nSPS) is 10.2. The van der Waals surface area contributed by atoms with Gasteiger partial charge in [0.2, 0.25) is 0 Å². The Morgan fingerprint density at radius 1 is 1.67 bits per heavy atom. The zero-order valence-electron chi connectivity index (χ0n) is 6.68. The molecular weight excluding hydrogens is 225 g/mol. The Labute approximate surface area is 78.2 Å². The van der Waals surface area contributed by atoms with Crippen LogP contribution in [0.25, 0.3) is 0 Å². The van der Waals surface area contributed by atoms with Gasteiger partial charge in [0, 0.05) is 16.2 Å². The van der Waals surface area contributed by atoms with Crippen LogP contribution in [0.3, 0.4) is 0 Å². The average molecular weight is 234 g/mol. The van der Waals surface area contributed by atoms with Crippen molar-refractivity contribution in [1.29, 1.82) is 0 Å². The second-order valence-electron chi connectivity index (χ2n) is 2.53. The van der Waals surface area contributed by atoms with Crippen LogP contribution in [0.5, 0.6) is 0 Å². The third-order valence-electron chi connectivity index (χ3n) is 1.56. The van der Waals surface area contributed by atoms with E-state index < -0.39 is 6.67 Å². The minimum atomic E-state index is -0.518. The maximum Gasteiger partial charge on any atom is 0.253 e. The van der Waals surface area contributed by atoms with Crippen LogP contribution in [-0.4, -0.2) is 11.2 Å². The van der Waals surface area contributed by atoms with Gasteiger partial charge in [0.25, 0.3) is 5.56 Å². The lowest BCUT2D eigenvalue weighted by atomic mass is 10.3. The largest absolute Gasteiger partial charge is 0.312 e. The molecule has 1 rings (SSSR count). The fourth-order valence-corrected chi connectivity index (χ4v) is 1.59. The van der Waals surface area contributed by atoms with Crippen molar-refractivity contribution >= 4 is 15.9 Å². The second kappa shape index (κ2) is 3.85. The van der Waals surface area contributed by atoms with Gasteiger partial charge in [0.05, 0.1) is 6.54 Å². The highest BCUT2D eigenvalue weighted by atomic mass is 79.9. The number of aryl methyl sites for hydroxylation is 2. The van der Waals surface area contributed by atoms with Crippen molar-refractivity contribution in [2.45, 2.75) is 13.5 Å². The molecule has 0 radical (unpaired) electrons. The van der Waals surface area contributed by atoms with Gasteiger partial charge in [-0.3, -0.25) is 4.79 Å². The summed E-state index contributed by atoms with van der Waals surface area (Å²) in [5.41, 5.74) is 0.494. The molecule has 0 fully saturated rings. The second-order valence-corrected chi connectivity index (χ2v) is 3.44. The van der Waals surface area contributed by atoms with Crippen LogP contribution in [0.1, 0.15) is 5.56 Å². The van der Waals surface area contributed by atoms with E-state index in [1.54, 1.807) is 19.2 Å². The van der Waals surface area contributed by atoms with E-state index in [0.717, 1.165) is 4.47 Å². The van der Waals surface area contributed by atoms with E-state index in [9.17, 15) is 9.18 Å². The molecule has 0 aliphatic carbocycles. The first-order valence-corrected chi connectivity index (χ1v) is 4.37. The molecule has 0 bridgehead atoms. The van der Waals surface area contributed by atoms with E-state index >= 15 is 0 Å². The molecule has 0 saturated carbocycles. The molecular formula is C8H9BrFNO. The van der Waals surface area contributed by atoms with Crippen LogP contribution in [0.15, 0.2) is 21.5 Å². The Bertz CT molecular complexity index is 334. The van der Waals surface area contributed by atoms with Crippen molar-refractivity contribution in [2.75, 3.05) is 6.67 Å². The first-order chi connectivity index (χ1) is 5.65. The quantitative estimate of drug-likeness (QED) is 0.765. The van der Waals surface area contributed by atoms with Gasteiger partial charge >= 0.3 is 0 Å². The van der Waals surface area contributed by atoms with E-state index in [2.05, 4.69) is 15.9 Å². The lowest BCUT2D eigenvalue weighted by molar-refractivity contribution is 0.439. The monoisotopic (exact) mass is 233 g/mol. The molecule has 0 saturated heterocycles. The van der Waals surface area contributed by atoms with Crippen molar-refractivity contribution < 1.29 is 4.39 Å². The summed E-state index contributed by atoms with van der Waals surface area (Å²) in [5, 5.41) is 0. The smallest absolute Gasteiger partial charge is 0.253 e. The molecule has 4 heteroatoms. The van der Waals surface area contributed by atoms with Crippen LogP contribution < -0.4 is 5.56 Å². The van der Waals surface area contributed by atoms with Crippen LogP contribution in [-0.2, 0) is 6.54 Å². The molecule has 12 heavy (non-hydrogen) atoms. The van der Waals surface area contributed by atoms with E-state index in [1.807, 2.05) is 0 Å². The van der Waals surface area contributed by atoms with Crippen molar-refractivity contribution in [3.8, 4) is 0 Å². The third-order valence-corrected chi connectivity index (χ3v) is 1.99. The van der Waals surface area contributed by atoms with Gasteiger partial charge in [-0.25, -0.2) is 4.39 Å². The summed E-state index contributed by atoms with van der Waals surface area (Å²) in [4.78, 5) is 11.3. The molecule has 0 atom stereocenters. The lowest BCUT2D eigenvalue weighted by Crippen LogP contribution is -2.22. The molecule has 1 aromatic rings. The molecule has 0 aliphatic heterocycles. The standard InChI is InChI=1S/C8H9BrFNO/c1-6-4-7(9)5-11(3-2-10)8(6)12/h4-5H,2-3H2,1H3. The Balaban J connectivity index is 3.19. The molecule has 0 spiro atoms. The zero-order chi connectivity index (χ0) is 9.14. The number of hydrogen-bond donors (Lipinski definition) is 0. The average Bonchev–Trinajstić information content (AvgIpc) is 2.00. The molecule has 0 amide bonds. The van der Waals surface area contributed by atoms with E-state index in [0.29, 0.717) is 5.56 Å². The van der Waals surface area contributed by atoms with Gasteiger partial charge in [0.15, 0.2) is 0 Å². The maximum atomic E-state index is 11.9. The lowest BCUT2D eigenvalue weighted by Gasteiger charge is -2.03. The summed E-state index contributed by atoms with van der Waals surface area (Å²) in [5.74, 6) is 0. The van der Waals surface area contributed by atoms with Gasteiger partial charge in [-0.15, -0.1) is 0 Å². The Morgan fingerprint density at radius 3 is 2.92 bits per heavy atom. The predicted octanol–water partition coefficient (Wildman–Crippen LogP) is 1.89. The van der Waals surface area contributed by atoms with Crippen molar-refractivity contribution in [1.82, 2.24) is 4.57 Å². The van der Waals surface area contributed by atoms with Crippen LogP contribution >= 0.6 is 15.9 Å². The minimum absolute atomic E-state index is 0.124. The predicted molar refractivity (Wildman–Crippen MR) is 49.1 cm³/mol. The van der Waals surface area contributed by atoms with Crippen LogP contribution in [0, 0.1) is 6.92 Å². The topological polar surface area (TPSA) is 22.0 Å². The van der Waals surface area contributed by atoms with Crippen molar-refractivity contribution in [3.63, 3.8) is 0 Å². The van der Waals surface area contributed by atoms with Gasteiger partial charge in [0.1, 0.15) is 6.67 Å². The molecule has 0 N–H and O–H groups in total. The molecule has 66 valence electrons. The van der Waals surface area contributed by atoms with E-state index in [4.69, 9.17) is 0 Å². The zero-order valence-corrected chi connectivity index (χ0v) is 8.27. The number of halogens is 2. The molecule has 1 heterocycles. The molecule has 0 unspecified atom stereocenters. The van der Waals surface area contributed by atoms with Gasteiger partial charge in [-0.1, -0.05) is 0 Å². The number of aromatic nitrogens is 1. The SMILES string of the molecule is Cc1cc(Br)cn(CCF)c1=O. The summed E-state index contributed by atoms with van der Waals surface area (Å²) < 4.78 is 14.1. The maximum absolute atomic E-state index is 11.9. The molecule has 0 aliphatic rings. The fourth-order valence-electron chi connectivity index (χ4n) is 0.997. The highest BCUT2D eigenvalue weighted by Crippen LogP contribution is 2.07. The van der Waals surface area contributed by atoms with Gasteiger partial charge in [-0.2, -0.15) is 0 Å². The van der Waals surface area contributed by atoms with E-state index in [-0.39, 0.29) is 12.1 Å². The third kappa shape index (κ3) is 1.94. The Morgan fingerprint density at radius 2 is 2.33 bits per heavy atom. The van der Waals surface area contributed by atoms with Gasteiger partial charge < -0.3 is 4.57 Å². The van der Waals surface area contributed by atoms with Crippen molar-refractivity contribution in [2.24, 2.45) is 0 Å². The Kier molecular flexibility index (Phi) is 3.03. The number of pyridine rings is 1. The van der Waals surface area contributed by atoms with E-state index in [1.165, 1.54) is 4.57 Å². The number of hydrogen-bond acceptors (Lipinski definition) is 1. The first-order valence-electron chi connectivity index (χ1n) is 3.57. The number of rotatable bonds is 2. The summed E-state index contributed by atoms with van der Waals surface area (Å²) in [6, 6.07) is 1.72. The highest BCUT2D eigenvalue weighted by molar-refractivity contribution is 9.10. The summed E-state index contributed by atoms with van der Waals surface area (Å²) in [6.07, 6.45) is 1.59.